The second-order valence-electron chi connectivity index (χ2n) is 9.20. The van der Waals surface area contributed by atoms with Crippen LogP contribution in [0.1, 0.15) is 61.9 Å². The zero-order valence-corrected chi connectivity index (χ0v) is 19.8. The number of nitrogens with one attached hydrogen (secondary N) is 1. The van der Waals surface area contributed by atoms with Crippen LogP contribution in [0.25, 0.3) is 5.69 Å². The first-order valence-corrected chi connectivity index (χ1v) is 11.8. The Balaban J connectivity index is 1.14. The molecular weight excluding hydrogens is 448 g/mol. The third-order valence-corrected chi connectivity index (χ3v) is 6.98. The highest BCUT2D eigenvalue weighted by atomic mass is 16.5. The smallest absolute Gasteiger partial charge is 0.338 e. The molecule has 5 rings (SSSR count). The number of aliphatic hydroxyl groups is 1. The molecule has 0 bridgehead atoms. The predicted octanol–water partition coefficient (Wildman–Crippen LogP) is 1.88. The summed E-state index contributed by atoms with van der Waals surface area (Å²) in [6.07, 6.45) is 2.49. The summed E-state index contributed by atoms with van der Waals surface area (Å²) in [7, 11) is 0. The van der Waals surface area contributed by atoms with E-state index in [-0.39, 0.29) is 24.5 Å². The number of ether oxygens (including phenoxy) is 1. The van der Waals surface area contributed by atoms with Crippen LogP contribution in [0, 0.1) is 13.8 Å². The number of tetrazole rings is 1. The van der Waals surface area contributed by atoms with Gasteiger partial charge in [-0.05, 0) is 78.1 Å². The summed E-state index contributed by atoms with van der Waals surface area (Å²) in [5, 5.41) is 25.2. The van der Waals surface area contributed by atoms with Gasteiger partial charge < -0.3 is 20.1 Å². The molecule has 0 aliphatic carbocycles. The number of hydrogen-bond acceptors (Lipinski definition) is 8. The van der Waals surface area contributed by atoms with E-state index in [0.717, 1.165) is 53.9 Å². The maximum absolute atomic E-state index is 12.8. The molecule has 3 heterocycles. The Hall–Kier alpha value is -3.63. The van der Waals surface area contributed by atoms with E-state index in [0.29, 0.717) is 17.7 Å². The summed E-state index contributed by atoms with van der Waals surface area (Å²) in [5.41, 5.74) is 5.56. The third-order valence-electron chi connectivity index (χ3n) is 6.98. The van der Waals surface area contributed by atoms with Crippen LogP contribution in [0.15, 0.2) is 36.7 Å². The zero-order chi connectivity index (χ0) is 24.5. The Morgan fingerprint density at radius 2 is 2.03 bits per heavy atom. The second kappa shape index (κ2) is 9.55. The largest absolute Gasteiger partial charge is 0.457 e. The molecule has 1 atom stereocenters. The Morgan fingerprint density at radius 1 is 1.23 bits per heavy atom. The monoisotopic (exact) mass is 476 g/mol. The number of amides is 1. The Morgan fingerprint density at radius 3 is 2.74 bits per heavy atom. The van der Waals surface area contributed by atoms with Crippen molar-refractivity contribution in [2.45, 2.75) is 45.4 Å². The molecule has 0 spiro atoms. The summed E-state index contributed by atoms with van der Waals surface area (Å²) in [6, 6.07) is 9.12. The van der Waals surface area contributed by atoms with E-state index in [4.69, 9.17) is 4.74 Å². The molecule has 2 N–H and O–H groups in total. The standard InChI is InChI=1S/C25H28N6O4/c1-15-11-17(3-6-22(15)31-14-26-28-29-31)24(33)27-18-7-9-30(10-8-18)12-23(32)19-4-5-20-21(16(19)2)13-35-25(20)34/h3-6,11,14,18,23,32H,7-10,12-13H2,1-2H3,(H,27,33)/t23-/m0/s1. The zero-order valence-electron chi connectivity index (χ0n) is 19.8. The molecular formula is C25H28N6O4. The first-order valence-electron chi connectivity index (χ1n) is 11.8. The fourth-order valence-corrected chi connectivity index (χ4v) is 4.93. The van der Waals surface area contributed by atoms with Crippen molar-refractivity contribution in [3.63, 3.8) is 0 Å². The lowest BCUT2D eigenvalue weighted by molar-refractivity contribution is 0.0534. The average molecular weight is 477 g/mol. The maximum atomic E-state index is 12.8. The highest BCUT2D eigenvalue weighted by Gasteiger charge is 2.27. The van der Waals surface area contributed by atoms with Gasteiger partial charge in [-0.1, -0.05) is 6.07 Å². The molecule has 1 fully saturated rings. The number of aliphatic hydroxyl groups excluding tert-OH is 1. The number of carbonyl (C=O) groups is 2. The quantitative estimate of drug-likeness (QED) is 0.517. The fourth-order valence-electron chi connectivity index (χ4n) is 4.93. The number of β-amino-alcohol motifs (C(OH)–C–C–N with tert-alkyl or cyclic N) is 1. The van der Waals surface area contributed by atoms with Crippen molar-refractivity contribution in [2.24, 2.45) is 0 Å². The molecule has 2 aliphatic heterocycles. The number of piperidine rings is 1. The summed E-state index contributed by atoms with van der Waals surface area (Å²) in [4.78, 5) is 26.8. The van der Waals surface area contributed by atoms with E-state index < -0.39 is 6.10 Å². The van der Waals surface area contributed by atoms with Crippen molar-refractivity contribution < 1.29 is 19.4 Å². The first kappa shape index (κ1) is 23.1. The summed E-state index contributed by atoms with van der Waals surface area (Å²) in [6.45, 7) is 6.19. The minimum absolute atomic E-state index is 0.0836. The summed E-state index contributed by atoms with van der Waals surface area (Å²) >= 11 is 0. The molecule has 1 amide bonds. The minimum Gasteiger partial charge on any atom is -0.457 e. The van der Waals surface area contributed by atoms with Gasteiger partial charge in [0.2, 0.25) is 0 Å². The Bertz CT molecular complexity index is 1250. The highest BCUT2D eigenvalue weighted by Crippen LogP contribution is 2.30. The first-order chi connectivity index (χ1) is 16.9. The molecule has 0 saturated carbocycles. The predicted molar refractivity (Wildman–Crippen MR) is 126 cm³/mol. The molecule has 0 unspecified atom stereocenters. The third kappa shape index (κ3) is 4.67. The van der Waals surface area contributed by atoms with Gasteiger partial charge in [0.1, 0.15) is 12.9 Å². The van der Waals surface area contributed by atoms with Gasteiger partial charge >= 0.3 is 5.97 Å². The molecule has 1 aromatic heterocycles. The van der Waals surface area contributed by atoms with E-state index in [9.17, 15) is 14.7 Å². The maximum Gasteiger partial charge on any atom is 0.338 e. The molecule has 10 nitrogen and oxygen atoms in total. The van der Waals surface area contributed by atoms with Crippen LogP contribution in [0.2, 0.25) is 0 Å². The molecule has 0 radical (unpaired) electrons. The Kier molecular flexibility index (Phi) is 6.31. The van der Waals surface area contributed by atoms with Crippen LogP contribution in [0.5, 0.6) is 0 Å². The van der Waals surface area contributed by atoms with Gasteiger partial charge in [0.05, 0.1) is 17.4 Å². The fraction of sp³-hybridized carbons (Fsp3) is 0.400. The van der Waals surface area contributed by atoms with Gasteiger partial charge in [0.25, 0.3) is 5.91 Å². The molecule has 10 heteroatoms. The van der Waals surface area contributed by atoms with E-state index in [1.807, 2.05) is 32.0 Å². The van der Waals surface area contributed by atoms with Crippen molar-refractivity contribution in [1.82, 2.24) is 30.4 Å². The lowest BCUT2D eigenvalue weighted by atomic mass is 9.94. The number of likely N-dealkylation sites (tertiary alicyclic amines) is 1. The molecule has 35 heavy (non-hydrogen) atoms. The molecule has 2 aliphatic rings. The average Bonchev–Trinajstić information content (AvgIpc) is 3.51. The minimum atomic E-state index is -0.649. The van der Waals surface area contributed by atoms with Crippen molar-refractivity contribution in [1.29, 1.82) is 0 Å². The van der Waals surface area contributed by atoms with Gasteiger partial charge in [-0.15, -0.1) is 5.10 Å². The van der Waals surface area contributed by atoms with Gasteiger partial charge in [-0.3, -0.25) is 4.79 Å². The number of cyclic esters (lactones) is 1. The van der Waals surface area contributed by atoms with Gasteiger partial charge in [0, 0.05) is 36.8 Å². The summed E-state index contributed by atoms with van der Waals surface area (Å²) in [5.74, 6) is -0.396. The van der Waals surface area contributed by atoms with Gasteiger partial charge in [0.15, 0.2) is 0 Å². The van der Waals surface area contributed by atoms with Crippen molar-refractivity contribution >= 4 is 11.9 Å². The number of fused-ring (bicyclic) bond motifs is 1. The topological polar surface area (TPSA) is 122 Å². The van der Waals surface area contributed by atoms with Gasteiger partial charge in [-0.25, -0.2) is 9.48 Å². The van der Waals surface area contributed by atoms with Crippen LogP contribution < -0.4 is 5.32 Å². The summed E-state index contributed by atoms with van der Waals surface area (Å²) < 4.78 is 6.69. The number of nitrogens with zero attached hydrogens (tertiary/aromatic N) is 5. The van der Waals surface area contributed by atoms with Crippen molar-refractivity contribution in [3.05, 3.63) is 70.0 Å². The lowest BCUT2D eigenvalue weighted by Crippen LogP contribution is -2.45. The molecule has 1 saturated heterocycles. The van der Waals surface area contributed by atoms with Crippen LogP contribution in [-0.4, -0.2) is 67.8 Å². The normalized spacial score (nSPS) is 17.2. The number of aromatic nitrogens is 4. The Labute approximate surface area is 202 Å². The van der Waals surface area contributed by atoms with Gasteiger partial charge in [-0.2, -0.15) is 0 Å². The van der Waals surface area contributed by atoms with E-state index in [1.54, 1.807) is 16.8 Å². The number of carbonyl (C=O) groups excluding carboxylic acids is 2. The van der Waals surface area contributed by atoms with E-state index in [2.05, 4.69) is 25.7 Å². The van der Waals surface area contributed by atoms with E-state index in [1.165, 1.54) is 6.33 Å². The number of hydrogen-bond donors (Lipinski definition) is 2. The molecule has 2 aromatic carbocycles. The number of benzene rings is 2. The van der Waals surface area contributed by atoms with Crippen molar-refractivity contribution in [2.75, 3.05) is 19.6 Å². The van der Waals surface area contributed by atoms with Crippen LogP contribution in [-0.2, 0) is 11.3 Å². The van der Waals surface area contributed by atoms with E-state index >= 15 is 0 Å². The van der Waals surface area contributed by atoms with Crippen LogP contribution >= 0.6 is 0 Å². The molecule has 3 aromatic rings. The second-order valence-corrected chi connectivity index (χ2v) is 9.20. The van der Waals surface area contributed by atoms with Crippen LogP contribution in [0.4, 0.5) is 0 Å². The SMILES string of the molecule is Cc1cc(C(=O)NC2CCN(C[C@H](O)c3ccc4c(c3C)COC4=O)CC2)ccc1-n1cnnn1. The highest BCUT2D eigenvalue weighted by molar-refractivity contribution is 5.95. The number of esters is 1. The van der Waals surface area contributed by atoms with Crippen LogP contribution in [0.3, 0.4) is 0 Å². The van der Waals surface area contributed by atoms with Crippen molar-refractivity contribution in [3.8, 4) is 5.69 Å². The molecule has 182 valence electrons. The lowest BCUT2D eigenvalue weighted by Gasteiger charge is -2.33. The number of rotatable bonds is 6. The number of aryl methyl sites for hydroxylation is 1.